The van der Waals surface area contributed by atoms with Crippen LogP contribution in [0.25, 0.3) is 0 Å². The lowest BCUT2D eigenvalue weighted by molar-refractivity contribution is -0.130. The summed E-state index contributed by atoms with van der Waals surface area (Å²) < 4.78 is 0. The number of aliphatic hydroxyl groups is 1. The van der Waals surface area contributed by atoms with Crippen LogP contribution in [-0.2, 0) is 4.79 Å². The van der Waals surface area contributed by atoms with Gasteiger partial charge in [0.05, 0.1) is 6.10 Å². The molecular formula is C25H27ClNO2P. The molecule has 3 nitrogen and oxygen atoms in total. The Kier molecular flexibility index (Phi) is 7.66. The molecule has 1 amide bonds. The van der Waals surface area contributed by atoms with E-state index in [2.05, 4.69) is 72.8 Å². The van der Waals surface area contributed by atoms with E-state index in [9.17, 15) is 9.90 Å². The Hall–Kier alpha value is -2.19. The van der Waals surface area contributed by atoms with Crippen molar-refractivity contribution in [2.75, 3.05) is 19.3 Å². The highest BCUT2D eigenvalue weighted by atomic mass is 35.5. The molecule has 5 heteroatoms. The minimum Gasteiger partial charge on any atom is -1.00 e. The number of hydrogen-bond donors (Lipinski definition) is 1. The van der Waals surface area contributed by atoms with E-state index in [1.54, 1.807) is 0 Å². The molecule has 1 aliphatic rings. The van der Waals surface area contributed by atoms with Crippen molar-refractivity contribution in [3.63, 3.8) is 0 Å². The number of rotatable bonds is 5. The molecule has 0 unspecified atom stereocenters. The highest BCUT2D eigenvalue weighted by Crippen LogP contribution is 2.55. The van der Waals surface area contributed by atoms with E-state index >= 15 is 0 Å². The molecule has 0 radical (unpaired) electrons. The van der Waals surface area contributed by atoms with Crippen molar-refractivity contribution in [2.45, 2.75) is 18.9 Å². The molecule has 1 aliphatic heterocycles. The predicted molar refractivity (Wildman–Crippen MR) is 122 cm³/mol. The number of piperidine rings is 1. The van der Waals surface area contributed by atoms with Crippen LogP contribution in [0, 0.1) is 0 Å². The van der Waals surface area contributed by atoms with Gasteiger partial charge >= 0.3 is 0 Å². The summed E-state index contributed by atoms with van der Waals surface area (Å²) in [6.07, 6.45) is 1.52. The molecule has 0 spiro atoms. The van der Waals surface area contributed by atoms with Crippen molar-refractivity contribution in [2.24, 2.45) is 0 Å². The molecule has 0 bridgehead atoms. The Bertz CT molecular complexity index is 832. The third-order valence-corrected chi connectivity index (χ3v) is 10.1. The summed E-state index contributed by atoms with van der Waals surface area (Å²) in [7, 11) is -2.14. The van der Waals surface area contributed by atoms with Crippen molar-refractivity contribution >= 4 is 29.1 Å². The molecule has 156 valence electrons. The van der Waals surface area contributed by atoms with Gasteiger partial charge in [-0.15, -0.1) is 0 Å². The lowest BCUT2D eigenvalue weighted by Gasteiger charge is -2.33. The maximum atomic E-state index is 13.5. The van der Waals surface area contributed by atoms with Gasteiger partial charge in [0.15, 0.2) is 6.16 Å². The Morgan fingerprint density at radius 3 is 1.50 bits per heavy atom. The second-order valence-corrected chi connectivity index (χ2v) is 11.1. The Balaban J connectivity index is 0.00000256. The van der Waals surface area contributed by atoms with Gasteiger partial charge in [-0.3, -0.25) is 4.79 Å². The minimum absolute atomic E-state index is 0. The molecule has 0 atom stereocenters. The molecule has 4 rings (SSSR count). The monoisotopic (exact) mass is 439 g/mol. The highest BCUT2D eigenvalue weighted by molar-refractivity contribution is 7.96. The molecule has 1 heterocycles. The fourth-order valence-electron chi connectivity index (χ4n) is 4.19. The zero-order chi connectivity index (χ0) is 20.1. The van der Waals surface area contributed by atoms with Crippen LogP contribution >= 0.6 is 7.26 Å². The molecule has 1 saturated heterocycles. The maximum Gasteiger partial charge on any atom is 0.261 e. The second-order valence-electron chi connectivity index (χ2n) is 7.59. The van der Waals surface area contributed by atoms with Crippen molar-refractivity contribution in [1.29, 1.82) is 0 Å². The average Bonchev–Trinajstić information content (AvgIpc) is 2.79. The van der Waals surface area contributed by atoms with Crippen molar-refractivity contribution < 1.29 is 22.3 Å². The van der Waals surface area contributed by atoms with Gasteiger partial charge in [-0.1, -0.05) is 54.6 Å². The first-order valence-electron chi connectivity index (χ1n) is 10.2. The van der Waals surface area contributed by atoms with Gasteiger partial charge in [0.2, 0.25) is 0 Å². The van der Waals surface area contributed by atoms with E-state index in [0.717, 1.165) is 0 Å². The third kappa shape index (κ3) is 4.59. The number of carbonyl (C=O) groups is 1. The minimum atomic E-state index is -2.14. The number of amides is 1. The predicted octanol–water partition coefficient (Wildman–Crippen LogP) is -0.0322. The standard InChI is InChI=1S/C25H27NO2P.ClH/c27-21-16-18-26(19-17-21)25(28)20-29(22-10-4-1-5-11-22,23-12-6-2-7-13-23)24-14-8-3-9-15-24;/h1-15,21,27H,16-20H2;1H/q+1;/p-1. The Morgan fingerprint density at radius 2 is 1.13 bits per heavy atom. The number of carbonyl (C=O) groups excluding carboxylic acids is 1. The van der Waals surface area contributed by atoms with Crippen LogP contribution < -0.4 is 28.3 Å². The zero-order valence-corrected chi connectivity index (χ0v) is 18.6. The van der Waals surface area contributed by atoms with Crippen LogP contribution in [0.15, 0.2) is 91.0 Å². The number of aliphatic hydroxyl groups excluding tert-OH is 1. The summed E-state index contributed by atoms with van der Waals surface area (Å²) in [6.45, 7) is 1.27. The topological polar surface area (TPSA) is 40.5 Å². The average molecular weight is 440 g/mol. The lowest BCUT2D eigenvalue weighted by atomic mass is 10.1. The summed E-state index contributed by atoms with van der Waals surface area (Å²) in [5, 5.41) is 13.5. The summed E-state index contributed by atoms with van der Waals surface area (Å²) in [5.74, 6) is 0.182. The molecule has 3 aromatic rings. The van der Waals surface area contributed by atoms with Gasteiger partial charge in [0.25, 0.3) is 5.91 Å². The Labute approximate surface area is 185 Å². The van der Waals surface area contributed by atoms with Crippen LogP contribution in [0.1, 0.15) is 12.8 Å². The smallest absolute Gasteiger partial charge is 0.261 e. The van der Waals surface area contributed by atoms with E-state index in [4.69, 9.17) is 0 Å². The first-order chi connectivity index (χ1) is 14.2. The van der Waals surface area contributed by atoms with Crippen LogP contribution in [0.2, 0.25) is 0 Å². The zero-order valence-electron chi connectivity index (χ0n) is 16.9. The molecule has 0 saturated carbocycles. The van der Waals surface area contributed by atoms with Crippen LogP contribution in [0.4, 0.5) is 0 Å². The molecular weight excluding hydrogens is 413 g/mol. The van der Waals surface area contributed by atoms with Crippen LogP contribution in [-0.4, -0.2) is 41.3 Å². The largest absolute Gasteiger partial charge is 1.00 e. The van der Waals surface area contributed by atoms with E-state index in [1.165, 1.54) is 15.9 Å². The fraction of sp³-hybridized carbons (Fsp3) is 0.240. The van der Waals surface area contributed by atoms with Gasteiger partial charge in [-0.05, 0) is 49.2 Å². The van der Waals surface area contributed by atoms with Crippen molar-refractivity contribution in [3.05, 3.63) is 91.0 Å². The molecule has 0 aromatic heterocycles. The van der Waals surface area contributed by atoms with Gasteiger partial charge in [-0.25, -0.2) is 0 Å². The van der Waals surface area contributed by atoms with Crippen molar-refractivity contribution in [3.8, 4) is 0 Å². The number of benzene rings is 3. The molecule has 1 fully saturated rings. The van der Waals surface area contributed by atoms with Crippen LogP contribution in [0.5, 0.6) is 0 Å². The van der Waals surface area contributed by atoms with Crippen molar-refractivity contribution in [1.82, 2.24) is 4.90 Å². The summed E-state index contributed by atoms with van der Waals surface area (Å²) in [6, 6.07) is 31.5. The summed E-state index contributed by atoms with van der Waals surface area (Å²) in [4.78, 5) is 15.5. The fourth-order valence-corrected chi connectivity index (χ4v) is 8.28. The van der Waals surface area contributed by atoms with Gasteiger partial charge in [0, 0.05) is 13.1 Å². The second kappa shape index (κ2) is 10.2. The quantitative estimate of drug-likeness (QED) is 0.567. The first kappa shape index (κ1) is 22.5. The third-order valence-electron chi connectivity index (χ3n) is 5.78. The van der Waals surface area contributed by atoms with Gasteiger partial charge < -0.3 is 22.4 Å². The molecule has 30 heavy (non-hydrogen) atoms. The van der Waals surface area contributed by atoms with Gasteiger partial charge in [-0.2, -0.15) is 0 Å². The summed E-state index contributed by atoms with van der Waals surface area (Å²) >= 11 is 0. The Morgan fingerprint density at radius 1 is 0.767 bits per heavy atom. The lowest BCUT2D eigenvalue weighted by Crippen LogP contribution is -3.00. The van der Waals surface area contributed by atoms with E-state index in [-0.39, 0.29) is 24.4 Å². The highest BCUT2D eigenvalue weighted by Gasteiger charge is 2.48. The normalized spacial score (nSPS) is 14.8. The number of halogens is 1. The van der Waals surface area contributed by atoms with E-state index < -0.39 is 7.26 Å². The number of nitrogens with zero attached hydrogens (tertiary/aromatic N) is 1. The molecule has 3 aromatic carbocycles. The molecule has 1 N–H and O–H groups in total. The number of hydrogen-bond acceptors (Lipinski definition) is 2. The SMILES string of the molecule is O=C(C[P+](c1ccccc1)(c1ccccc1)c1ccccc1)N1CCC(O)CC1.[Cl-]. The molecule has 0 aliphatic carbocycles. The van der Waals surface area contributed by atoms with Gasteiger partial charge in [0.1, 0.15) is 23.2 Å². The maximum absolute atomic E-state index is 13.5. The summed E-state index contributed by atoms with van der Waals surface area (Å²) in [5.41, 5.74) is 0. The van der Waals surface area contributed by atoms with E-state index in [0.29, 0.717) is 32.1 Å². The number of likely N-dealkylation sites (tertiary alicyclic amines) is 1. The first-order valence-corrected chi connectivity index (χ1v) is 12.2. The van der Waals surface area contributed by atoms with E-state index in [1.807, 2.05) is 23.1 Å². The van der Waals surface area contributed by atoms with Crippen LogP contribution in [0.3, 0.4) is 0 Å².